The van der Waals surface area contributed by atoms with Crippen molar-refractivity contribution in [3.63, 3.8) is 0 Å². The van der Waals surface area contributed by atoms with E-state index in [2.05, 4.69) is 10.6 Å². The molecule has 0 aromatic heterocycles. The number of carbonyl (C=O) groups excluding carboxylic acids is 1. The van der Waals surface area contributed by atoms with Gasteiger partial charge in [0, 0.05) is 10.7 Å². The summed E-state index contributed by atoms with van der Waals surface area (Å²) >= 11 is 5.95. The number of carboxylic acid groups (broad SMARTS) is 1. The Bertz CT molecular complexity index is 914. The zero-order valence-corrected chi connectivity index (χ0v) is 16.6. The minimum Gasteiger partial charge on any atom is -0.495 e. The predicted octanol–water partition coefficient (Wildman–Crippen LogP) is 5.49. The van der Waals surface area contributed by atoms with E-state index in [1.165, 1.54) is 13.2 Å². The van der Waals surface area contributed by atoms with E-state index in [9.17, 15) is 14.0 Å². The van der Waals surface area contributed by atoms with Crippen molar-refractivity contribution in [3.05, 3.63) is 52.8 Å². The Hall–Kier alpha value is -2.80. The molecule has 3 N–H and O–H groups in total. The van der Waals surface area contributed by atoms with Crippen LogP contribution >= 0.6 is 11.6 Å². The Kier molecular flexibility index (Phi) is 6.59. The zero-order chi connectivity index (χ0) is 21.0. The van der Waals surface area contributed by atoms with Crippen molar-refractivity contribution in [1.82, 2.24) is 0 Å². The van der Waals surface area contributed by atoms with Crippen LogP contribution in [0.5, 0.6) is 5.75 Å². The van der Waals surface area contributed by atoms with E-state index >= 15 is 0 Å². The Labute approximate surface area is 173 Å². The van der Waals surface area contributed by atoms with Crippen LogP contribution in [0.25, 0.3) is 0 Å². The molecule has 2 aromatic rings. The Morgan fingerprint density at radius 3 is 2.45 bits per heavy atom. The van der Waals surface area contributed by atoms with Crippen LogP contribution in [-0.2, 0) is 4.79 Å². The summed E-state index contributed by atoms with van der Waals surface area (Å²) in [6, 6.07) is 8.82. The van der Waals surface area contributed by atoms with E-state index in [0.29, 0.717) is 53.4 Å². The fraction of sp³-hybridized carbons (Fsp3) is 0.333. The van der Waals surface area contributed by atoms with Crippen molar-refractivity contribution >= 4 is 35.0 Å². The molecule has 1 saturated carbocycles. The molecule has 1 aliphatic carbocycles. The smallest absolute Gasteiger partial charge is 0.323 e. The molecule has 2 amide bonds. The van der Waals surface area contributed by atoms with Gasteiger partial charge in [0.15, 0.2) is 0 Å². The molecule has 8 heteroatoms. The number of urea groups is 1. The number of ether oxygens (including phenoxy) is 1. The molecular weight excluding hydrogens is 399 g/mol. The number of anilines is 2. The molecule has 29 heavy (non-hydrogen) atoms. The molecule has 0 heterocycles. The second kappa shape index (κ2) is 9.13. The molecule has 0 aliphatic heterocycles. The number of amides is 2. The van der Waals surface area contributed by atoms with Gasteiger partial charge in [-0.2, -0.15) is 0 Å². The number of halogens is 2. The monoisotopic (exact) mass is 420 g/mol. The second-order valence-electron chi connectivity index (χ2n) is 7.05. The minimum absolute atomic E-state index is 0.0100. The van der Waals surface area contributed by atoms with Crippen LogP contribution in [0.2, 0.25) is 5.02 Å². The van der Waals surface area contributed by atoms with E-state index in [0.717, 1.165) is 0 Å². The SMILES string of the molecule is COc1ccc(Cl)cc1NC(=O)Nc1ccc(C2CCC(C(=O)O)CC2)c(F)c1. The molecule has 154 valence electrons. The fourth-order valence-corrected chi connectivity index (χ4v) is 3.82. The van der Waals surface area contributed by atoms with Gasteiger partial charge in [0.05, 0.1) is 18.7 Å². The first-order valence-electron chi connectivity index (χ1n) is 9.31. The minimum atomic E-state index is -0.786. The van der Waals surface area contributed by atoms with Crippen molar-refractivity contribution < 1.29 is 23.8 Å². The lowest BCUT2D eigenvalue weighted by Gasteiger charge is -2.26. The van der Waals surface area contributed by atoms with Crippen LogP contribution in [0.1, 0.15) is 37.2 Å². The van der Waals surface area contributed by atoms with Gasteiger partial charge >= 0.3 is 12.0 Å². The summed E-state index contributed by atoms with van der Waals surface area (Å²) in [5, 5.41) is 14.7. The van der Waals surface area contributed by atoms with Crippen molar-refractivity contribution in [1.29, 1.82) is 0 Å². The van der Waals surface area contributed by atoms with E-state index in [1.54, 1.807) is 30.3 Å². The molecule has 0 atom stereocenters. The summed E-state index contributed by atoms with van der Waals surface area (Å²) < 4.78 is 19.8. The summed E-state index contributed by atoms with van der Waals surface area (Å²) in [5.74, 6) is -1.11. The number of methoxy groups -OCH3 is 1. The normalized spacial score (nSPS) is 18.7. The average molecular weight is 421 g/mol. The van der Waals surface area contributed by atoms with E-state index < -0.39 is 17.8 Å². The summed E-state index contributed by atoms with van der Waals surface area (Å²) in [4.78, 5) is 23.3. The molecule has 1 aliphatic rings. The number of hydrogen-bond donors (Lipinski definition) is 3. The summed E-state index contributed by atoms with van der Waals surface area (Å²) in [6.07, 6.45) is 2.36. The lowest BCUT2D eigenvalue weighted by Crippen LogP contribution is -2.21. The number of benzene rings is 2. The van der Waals surface area contributed by atoms with Crippen LogP contribution in [0, 0.1) is 11.7 Å². The van der Waals surface area contributed by atoms with Gasteiger partial charge in [0.2, 0.25) is 0 Å². The lowest BCUT2D eigenvalue weighted by molar-refractivity contribution is -0.142. The van der Waals surface area contributed by atoms with Crippen LogP contribution in [0.3, 0.4) is 0 Å². The van der Waals surface area contributed by atoms with E-state index in [1.807, 2.05) is 0 Å². The Morgan fingerprint density at radius 1 is 1.10 bits per heavy atom. The van der Waals surface area contributed by atoms with Gasteiger partial charge in [-0.15, -0.1) is 0 Å². The molecule has 0 saturated heterocycles. The van der Waals surface area contributed by atoms with Crippen molar-refractivity contribution in [2.45, 2.75) is 31.6 Å². The highest BCUT2D eigenvalue weighted by atomic mass is 35.5. The van der Waals surface area contributed by atoms with Gasteiger partial charge in [-0.3, -0.25) is 4.79 Å². The maximum atomic E-state index is 14.6. The molecule has 0 unspecified atom stereocenters. The second-order valence-corrected chi connectivity index (χ2v) is 7.48. The first kappa shape index (κ1) is 20.9. The van der Waals surface area contributed by atoms with Gasteiger partial charge in [0.1, 0.15) is 11.6 Å². The average Bonchev–Trinajstić information content (AvgIpc) is 2.68. The highest BCUT2D eigenvalue weighted by Crippen LogP contribution is 2.37. The largest absolute Gasteiger partial charge is 0.495 e. The van der Waals surface area contributed by atoms with Crippen molar-refractivity contribution in [2.24, 2.45) is 5.92 Å². The third-order valence-corrected chi connectivity index (χ3v) is 5.42. The quantitative estimate of drug-likeness (QED) is 0.596. The van der Waals surface area contributed by atoms with Gasteiger partial charge in [-0.1, -0.05) is 17.7 Å². The highest BCUT2D eigenvalue weighted by molar-refractivity contribution is 6.31. The first-order chi connectivity index (χ1) is 13.9. The Morgan fingerprint density at radius 2 is 1.83 bits per heavy atom. The number of carbonyl (C=O) groups is 2. The highest BCUT2D eigenvalue weighted by Gasteiger charge is 2.28. The number of hydrogen-bond acceptors (Lipinski definition) is 3. The number of rotatable bonds is 5. The van der Waals surface area contributed by atoms with E-state index in [-0.39, 0.29) is 11.8 Å². The van der Waals surface area contributed by atoms with Gasteiger partial charge in [-0.05, 0) is 67.5 Å². The number of aliphatic carboxylic acids is 1. The molecule has 1 fully saturated rings. The summed E-state index contributed by atoms with van der Waals surface area (Å²) in [5.41, 5.74) is 1.25. The first-order valence-corrected chi connectivity index (χ1v) is 9.69. The summed E-state index contributed by atoms with van der Waals surface area (Å²) in [7, 11) is 1.48. The molecule has 2 aromatic carbocycles. The molecule has 0 spiro atoms. The van der Waals surface area contributed by atoms with Crippen LogP contribution in [0.4, 0.5) is 20.6 Å². The molecular formula is C21H22ClFN2O4. The molecule has 0 bridgehead atoms. The third kappa shape index (κ3) is 5.17. The lowest BCUT2D eigenvalue weighted by atomic mass is 9.78. The third-order valence-electron chi connectivity index (χ3n) is 5.18. The fourth-order valence-electron chi connectivity index (χ4n) is 3.65. The summed E-state index contributed by atoms with van der Waals surface area (Å²) in [6.45, 7) is 0. The van der Waals surface area contributed by atoms with Crippen molar-refractivity contribution in [2.75, 3.05) is 17.7 Å². The topological polar surface area (TPSA) is 87.7 Å². The molecule has 3 rings (SSSR count). The maximum Gasteiger partial charge on any atom is 0.323 e. The molecule has 6 nitrogen and oxygen atoms in total. The van der Waals surface area contributed by atoms with Crippen molar-refractivity contribution in [3.8, 4) is 5.75 Å². The van der Waals surface area contributed by atoms with Gasteiger partial charge < -0.3 is 20.5 Å². The maximum absolute atomic E-state index is 14.6. The van der Waals surface area contributed by atoms with Crippen LogP contribution < -0.4 is 15.4 Å². The predicted molar refractivity (Wildman–Crippen MR) is 109 cm³/mol. The van der Waals surface area contributed by atoms with Crippen LogP contribution in [-0.4, -0.2) is 24.2 Å². The number of nitrogens with one attached hydrogen (secondary N) is 2. The van der Waals surface area contributed by atoms with E-state index in [4.69, 9.17) is 21.4 Å². The Balaban J connectivity index is 1.64. The van der Waals surface area contributed by atoms with Gasteiger partial charge in [-0.25, -0.2) is 9.18 Å². The standard InChI is InChI=1S/C21H22ClFN2O4/c1-29-19-9-6-14(22)10-18(19)25-21(28)24-15-7-8-16(17(23)11-15)12-2-4-13(5-3-12)20(26)27/h6-13H,2-5H2,1H3,(H,26,27)(H2,24,25,28). The zero-order valence-electron chi connectivity index (χ0n) is 15.9. The number of carboxylic acids is 1. The molecule has 0 radical (unpaired) electrons. The van der Waals surface area contributed by atoms with Gasteiger partial charge in [0.25, 0.3) is 0 Å². The van der Waals surface area contributed by atoms with Crippen LogP contribution in [0.15, 0.2) is 36.4 Å².